The van der Waals surface area contributed by atoms with E-state index in [1.807, 2.05) is 37.3 Å². The van der Waals surface area contributed by atoms with Crippen LogP contribution in [0.25, 0.3) is 6.20 Å². The lowest BCUT2D eigenvalue weighted by Crippen LogP contribution is -2.40. The fourth-order valence-corrected chi connectivity index (χ4v) is 4.90. The predicted octanol–water partition coefficient (Wildman–Crippen LogP) is 3.15. The number of hydrogen-bond donors (Lipinski definition) is 1. The van der Waals surface area contributed by atoms with Crippen LogP contribution in [-0.4, -0.2) is 31.4 Å². The fraction of sp³-hybridized carbons (Fsp3) is 0.269. The molecule has 0 radical (unpaired) electrons. The van der Waals surface area contributed by atoms with Gasteiger partial charge in [0.15, 0.2) is 16.3 Å². The molecule has 0 aliphatic carbocycles. The Hall–Kier alpha value is -3.85. The standard InChI is InChI=1S/C26H27N3O5S/c1-6-34-25(31)22-16(3)28-26-29(23(22)17-9-12-19(32-4)20(13-17)33-5)24(30)21(35-26)14-27-18-10-7-15(2)8-11-18/h7-14,23,27H,6H2,1-5H3/b21-14-/t23-/m1/s1. The van der Waals surface area contributed by atoms with Crippen LogP contribution in [0.15, 0.2) is 63.5 Å². The van der Waals surface area contributed by atoms with E-state index in [4.69, 9.17) is 14.2 Å². The summed E-state index contributed by atoms with van der Waals surface area (Å²) in [6.07, 6.45) is 1.67. The molecule has 1 N–H and O–H groups in total. The van der Waals surface area contributed by atoms with Gasteiger partial charge in [0, 0.05) is 11.9 Å². The van der Waals surface area contributed by atoms with Crippen LogP contribution in [0.3, 0.4) is 0 Å². The molecule has 0 unspecified atom stereocenters. The lowest BCUT2D eigenvalue weighted by Gasteiger charge is -2.25. The molecule has 2 aromatic carbocycles. The highest BCUT2D eigenvalue weighted by Crippen LogP contribution is 2.36. The number of thiazole rings is 1. The zero-order valence-electron chi connectivity index (χ0n) is 20.2. The number of hydrogen-bond acceptors (Lipinski definition) is 8. The molecule has 0 spiro atoms. The van der Waals surface area contributed by atoms with E-state index in [9.17, 15) is 9.59 Å². The summed E-state index contributed by atoms with van der Waals surface area (Å²) >= 11 is 1.25. The Morgan fingerprint density at radius 3 is 2.49 bits per heavy atom. The van der Waals surface area contributed by atoms with Gasteiger partial charge in [-0.3, -0.25) is 9.36 Å². The number of rotatable bonds is 7. The van der Waals surface area contributed by atoms with Gasteiger partial charge < -0.3 is 19.5 Å². The summed E-state index contributed by atoms with van der Waals surface area (Å²) in [7, 11) is 3.09. The van der Waals surface area contributed by atoms with Crippen LogP contribution in [0.1, 0.15) is 31.0 Å². The quantitative estimate of drug-likeness (QED) is 0.509. The van der Waals surface area contributed by atoms with E-state index in [1.165, 1.54) is 23.0 Å². The van der Waals surface area contributed by atoms with Crippen LogP contribution in [0.4, 0.5) is 5.69 Å². The van der Waals surface area contributed by atoms with Gasteiger partial charge in [0.2, 0.25) is 0 Å². The number of anilines is 1. The van der Waals surface area contributed by atoms with Crippen molar-refractivity contribution in [2.75, 3.05) is 26.1 Å². The van der Waals surface area contributed by atoms with Crippen LogP contribution >= 0.6 is 11.3 Å². The molecule has 8 nitrogen and oxygen atoms in total. The van der Waals surface area contributed by atoms with Gasteiger partial charge in [0.05, 0.1) is 38.1 Å². The van der Waals surface area contributed by atoms with Crippen LogP contribution in [0.2, 0.25) is 0 Å². The number of nitrogens with zero attached hydrogens (tertiary/aromatic N) is 2. The first-order valence-corrected chi connectivity index (χ1v) is 11.9. The summed E-state index contributed by atoms with van der Waals surface area (Å²) in [4.78, 5) is 31.7. The van der Waals surface area contributed by atoms with Crippen molar-refractivity contribution >= 4 is 29.2 Å². The first-order chi connectivity index (χ1) is 16.9. The number of nitrogens with one attached hydrogen (secondary N) is 1. The van der Waals surface area contributed by atoms with Crippen molar-refractivity contribution < 1.29 is 19.0 Å². The second-order valence-corrected chi connectivity index (χ2v) is 8.94. The number of aromatic nitrogens is 1. The van der Waals surface area contributed by atoms with Gasteiger partial charge in [-0.15, -0.1) is 0 Å². The molecule has 0 saturated heterocycles. The first kappa shape index (κ1) is 24.3. The monoisotopic (exact) mass is 493 g/mol. The number of allylic oxidation sites excluding steroid dienone is 1. The molecule has 182 valence electrons. The highest BCUT2D eigenvalue weighted by atomic mass is 32.1. The number of esters is 1. The maximum absolute atomic E-state index is 13.6. The molecular formula is C26H27N3O5S. The fourth-order valence-electron chi connectivity index (χ4n) is 3.93. The zero-order chi connectivity index (χ0) is 25.1. The van der Waals surface area contributed by atoms with Gasteiger partial charge in [0.1, 0.15) is 4.53 Å². The van der Waals surface area contributed by atoms with Crippen LogP contribution in [-0.2, 0) is 9.53 Å². The average Bonchev–Trinajstić information content (AvgIpc) is 3.17. The third-order valence-electron chi connectivity index (χ3n) is 5.66. The normalized spacial score (nSPS) is 15.3. The van der Waals surface area contributed by atoms with Gasteiger partial charge >= 0.3 is 5.97 Å². The number of aryl methyl sites for hydroxylation is 1. The van der Waals surface area contributed by atoms with E-state index in [0.717, 1.165) is 11.3 Å². The predicted molar refractivity (Wildman–Crippen MR) is 136 cm³/mol. The van der Waals surface area contributed by atoms with Gasteiger partial charge in [-0.05, 0) is 50.6 Å². The largest absolute Gasteiger partial charge is 0.493 e. The van der Waals surface area contributed by atoms with E-state index in [-0.39, 0.29) is 12.2 Å². The molecule has 1 aliphatic rings. The van der Waals surface area contributed by atoms with Gasteiger partial charge in [-0.2, -0.15) is 0 Å². The van der Waals surface area contributed by atoms with E-state index in [1.54, 1.807) is 39.3 Å². The van der Waals surface area contributed by atoms with Crippen LogP contribution < -0.4 is 29.7 Å². The summed E-state index contributed by atoms with van der Waals surface area (Å²) in [5, 5.41) is 3.18. The summed E-state index contributed by atoms with van der Waals surface area (Å²) in [6.45, 7) is 5.71. The molecule has 4 rings (SSSR count). The Balaban J connectivity index is 1.88. The maximum Gasteiger partial charge on any atom is 0.338 e. The molecule has 9 heteroatoms. The van der Waals surface area contributed by atoms with Crippen molar-refractivity contribution in [1.82, 2.24) is 4.57 Å². The van der Waals surface area contributed by atoms with Crippen molar-refractivity contribution in [1.29, 1.82) is 0 Å². The molecule has 0 saturated carbocycles. The molecule has 1 aromatic heterocycles. The number of fused-ring (bicyclic) bond motifs is 1. The summed E-state index contributed by atoms with van der Waals surface area (Å²) < 4.78 is 18.2. The molecule has 3 aromatic rings. The number of ether oxygens (including phenoxy) is 3. The van der Waals surface area contributed by atoms with Gasteiger partial charge in [-0.1, -0.05) is 35.1 Å². The molecule has 0 amide bonds. The van der Waals surface area contributed by atoms with Crippen molar-refractivity contribution in [2.24, 2.45) is 4.99 Å². The highest BCUT2D eigenvalue weighted by molar-refractivity contribution is 7.07. The minimum Gasteiger partial charge on any atom is -0.493 e. The Labute approximate surface area is 206 Å². The topological polar surface area (TPSA) is 91.2 Å². The Morgan fingerprint density at radius 2 is 1.83 bits per heavy atom. The van der Waals surface area contributed by atoms with Crippen molar-refractivity contribution in [3.63, 3.8) is 0 Å². The van der Waals surface area contributed by atoms with E-state index < -0.39 is 12.0 Å². The number of methoxy groups -OCH3 is 2. The van der Waals surface area contributed by atoms with E-state index in [0.29, 0.717) is 37.7 Å². The maximum atomic E-state index is 13.6. The molecule has 35 heavy (non-hydrogen) atoms. The number of carbonyl (C=O) groups is 1. The van der Waals surface area contributed by atoms with Crippen molar-refractivity contribution in [3.05, 3.63) is 84.5 Å². The third-order valence-corrected chi connectivity index (χ3v) is 6.64. The van der Waals surface area contributed by atoms with Crippen molar-refractivity contribution in [2.45, 2.75) is 26.8 Å². The Kier molecular flexibility index (Phi) is 7.07. The highest BCUT2D eigenvalue weighted by Gasteiger charge is 2.33. The SMILES string of the molecule is CCOC(=O)C1=C(C)N=c2s/c(=C\Nc3ccc(C)cc3)c(=O)n2[C@@H]1c1ccc(OC)c(OC)c1. The molecular weight excluding hydrogens is 466 g/mol. The van der Waals surface area contributed by atoms with Gasteiger partial charge in [0.25, 0.3) is 5.56 Å². The Morgan fingerprint density at radius 1 is 1.11 bits per heavy atom. The minimum atomic E-state index is -0.730. The number of benzene rings is 2. The summed E-state index contributed by atoms with van der Waals surface area (Å²) in [5.41, 5.74) is 3.24. The smallest absolute Gasteiger partial charge is 0.338 e. The second kappa shape index (κ2) is 10.2. The first-order valence-electron chi connectivity index (χ1n) is 11.1. The summed E-state index contributed by atoms with van der Waals surface area (Å²) in [6, 6.07) is 12.5. The molecule has 1 aliphatic heterocycles. The lowest BCUT2D eigenvalue weighted by atomic mass is 9.95. The molecule has 2 heterocycles. The van der Waals surface area contributed by atoms with E-state index >= 15 is 0 Å². The zero-order valence-corrected chi connectivity index (χ0v) is 21.1. The van der Waals surface area contributed by atoms with Gasteiger partial charge in [-0.25, -0.2) is 9.79 Å². The van der Waals surface area contributed by atoms with Crippen LogP contribution in [0.5, 0.6) is 11.5 Å². The second-order valence-electron chi connectivity index (χ2n) is 7.93. The van der Waals surface area contributed by atoms with Crippen molar-refractivity contribution in [3.8, 4) is 11.5 Å². The van der Waals surface area contributed by atoms with E-state index in [2.05, 4.69) is 10.3 Å². The molecule has 0 bridgehead atoms. The average molecular weight is 494 g/mol. The number of carbonyl (C=O) groups excluding carboxylic acids is 1. The minimum absolute atomic E-state index is 0.207. The van der Waals surface area contributed by atoms with Crippen LogP contribution in [0, 0.1) is 6.92 Å². The molecule has 1 atom stereocenters. The summed E-state index contributed by atoms with van der Waals surface area (Å²) in [5.74, 6) is 0.524. The Bertz CT molecular complexity index is 1470. The third kappa shape index (κ3) is 4.72. The lowest BCUT2D eigenvalue weighted by molar-refractivity contribution is -0.139. The molecule has 0 fully saturated rings.